The highest BCUT2D eigenvalue weighted by molar-refractivity contribution is 5.97. The Balaban J connectivity index is 0.00000243. The number of rotatable bonds is 5. The van der Waals surface area contributed by atoms with Crippen LogP contribution in [0.2, 0.25) is 0 Å². The summed E-state index contributed by atoms with van der Waals surface area (Å²) in [4.78, 5) is 12.7. The summed E-state index contributed by atoms with van der Waals surface area (Å²) in [5.74, 6) is 0.794. The van der Waals surface area contributed by atoms with Gasteiger partial charge in [0.15, 0.2) is 0 Å². The number of benzene rings is 1. The molecular weight excluding hydrogens is 356 g/mol. The van der Waals surface area contributed by atoms with Crippen LogP contribution in [0.4, 0.5) is 5.69 Å². The first-order chi connectivity index (χ1) is 12.1. The third kappa shape index (κ3) is 4.88. The van der Waals surface area contributed by atoms with Crippen molar-refractivity contribution in [1.29, 1.82) is 0 Å². The molecule has 2 fully saturated rings. The van der Waals surface area contributed by atoms with Gasteiger partial charge in [0, 0.05) is 25.6 Å². The van der Waals surface area contributed by atoms with Gasteiger partial charge < -0.3 is 24.8 Å². The van der Waals surface area contributed by atoms with Gasteiger partial charge in [-0.05, 0) is 56.6 Å². The van der Waals surface area contributed by atoms with E-state index in [4.69, 9.17) is 14.2 Å². The van der Waals surface area contributed by atoms with Crippen molar-refractivity contribution in [3.05, 3.63) is 23.8 Å². The van der Waals surface area contributed by atoms with E-state index in [9.17, 15) is 4.79 Å². The minimum atomic E-state index is -0.740. The summed E-state index contributed by atoms with van der Waals surface area (Å²) in [6.45, 7) is 5.09. The summed E-state index contributed by atoms with van der Waals surface area (Å²) >= 11 is 0. The van der Waals surface area contributed by atoms with Crippen LogP contribution in [0.1, 0.15) is 31.2 Å². The number of hydrogen-bond donors (Lipinski definition) is 2. The Morgan fingerprint density at radius 2 is 1.96 bits per heavy atom. The van der Waals surface area contributed by atoms with Gasteiger partial charge in [0.2, 0.25) is 0 Å². The fourth-order valence-corrected chi connectivity index (χ4v) is 3.43. The van der Waals surface area contributed by atoms with Gasteiger partial charge in [-0.25, -0.2) is 0 Å². The van der Waals surface area contributed by atoms with Gasteiger partial charge in [0.25, 0.3) is 5.91 Å². The van der Waals surface area contributed by atoms with Crippen molar-refractivity contribution in [3.63, 3.8) is 0 Å². The molecule has 0 atom stereocenters. The van der Waals surface area contributed by atoms with Gasteiger partial charge in [-0.2, -0.15) is 0 Å². The van der Waals surface area contributed by atoms with E-state index in [0.29, 0.717) is 12.8 Å². The van der Waals surface area contributed by atoms with Gasteiger partial charge in [0.1, 0.15) is 17.5 Å². The van der Waals surface area contributed by atoms with E-state index in [-0.39, 0.29) is 24.4 Å². The molecule has 0 spiro atoms. The molecule has 7 heteroatoms. The molecule has 1 amide bonds. The largest absolute Gasteiger partial charge is 0.490 e. The molecule has 1 aromatic carbocycles. The number of nitrogens with one attached hydrogen (secondary N) is 2. The monoisotopic (exact) mass is 384 g/mol. The maximum atomic E-state index is 12.7. The lowest BCUT2D eigenvalue weighted by Gasteiger charge is -2.34. The molecule has 0 radical (unpaired) electrons. The Bertz CT molecular complexity index is 599. The Morgan fingerprint density at radius 3 is 2.58 bits per heavy atom. The fourth-order valence-electron chi connectivity index (χ4n) is 3.43. The summed E-state index contributed by atoms with van der Waals surface area (Å²) in [5, 5.41) is 6.27. The van der Waals surface area contributed by atoms with Crippen LogP contribution in [0.25, 0.3) is 0 Å². The van der Waals surface area contributed by atoms with Crippen LogP contribution in [-0.4, -0.2) is 51.0 Å². The van der Waals surface area contributed by atoms with Crippen LogP contribution in [0.5, 0.6) is 5.75 Å². The van der Waals surface area contributed by atoms with Crippen LogP contribution in [0.3, 0.4) is 0 Å². The molecule has 2 saturated heterocycles. The van der Waals surface area contributed by atoms with E-state index in [0.717, 1.165) is 56.1 Å². The number of halogens is 1. The van der Waals surface area contributed by atoms with E-state index in [1.807, 2.05) is 25.1 Å². The summed E-state index contributed by atoms with van der Waals surface area (Å²) in [5.41, 5.74) is 1.05. The smallest absolute Gasteiger partial charge is 0.256 e. The average molecular weight is 385 g/mol. The van der Waals surface area contributed by atoms with Crippen molar-refractivity contribution in [1.82, 2.24) is 5.32 Å². The van der Waals surface area contributed by atoms with Gasteiger partial charge >= 0.3 is 0 Å². The van der Waals surface area contributed by atoms with E-state index in [2.05, 4.69) is 10.6 Å². The first-order valence-electron chi connectivity index (χ1n) is 9.05. The van der Waals surface area contributed by atoms with Crippen molar-refractivity contribution in [2.24, 2.45) is 0 Å². The Kier molecular flexibility index (Phi) is 7.70. The van der Waals surface area contributed by atoms with Crippen LogP contribution < -0.4 is 15.4 Å². The first kappa shape index (κ1) is 21.0. The molecule has 2 heterocycles. The molecule has 0 aromatic heterocycles. The lowest BCUT2D eigenvalue weighted by molar-refractivity contribution is -0.140. The van der Waals surface area contributed by atoms with Gasteiger partial charge in [-0.1, -0.05) is 0 Å². The van der Waals surface area contributed by atoms with E-state index < -0.39 is 5.60 Å². The van der Waals surface area contributed by atoms with Crippen molar-refractivity contribution in [2.45, 2.75) is 44.3 Å². The highest BCUT2D eigenvalue weighted by atomic mass is 35.5. The quantitative estimate of drug-likeness (QED) is 0.816. The van der Waals surface area contributed by atoms with E-state index >= 15 is 0 Å². The zero-order chi connectivity index (χ0) is 17.7. The normalized spacial score (nSPS) is 20.1. The summed E-state index contributed by atoms with van der Waals surface area (Å²) < 4.78 is 17.0. The van der Waals surface area contributed by atoms with Crippen LogP contribution in [-0.2, 0) is 14.3 Å². The Labute approximate surface area is 161 Å². The number of carbonyl (C=O) groups is 1. The highest BCUT2D eigenvalue weighted by Gasteiger charge is 2.39. The van der Waals surface area contributed by atoms with Crippen LogP contribution in [0.15, 0.2) is 18.2 Å². The Morgan fingerprint density at radius 1 is 1.27 bits per heavy atom. The molecule has 0 bridgehead atoms. The maximum Gasteiger partial charge on any atom is 0.256 e. The first-order valence-corrected chi connectivity index (χ1v) is 9.05. The lowest BCUT2D eigenvalue weighted by atomic mass is 9.91. The zero-order valence-corrected chi connectivity index (χ0v) is 16.3. The van der Waals surface area contributed by atoms with Crippen LogP contribution >= 0.6 is 12.4 Å². The Hall–Kier alpha value is -1.34. The molecule has 6 nitrogen and oxygen atoms in total. The van der Waals surface area contributed by atoms with Gasteiger partial charge in [-0.3, -0.25) is 4.79 Å². The predicted octanol–water partition coefficient (Wildman–Crippen LogP) is 2.68. The van der Waals surface area contributed by atoms with Crippen molar-refractivity contribution in [2.75, 3.05) is 38.7 Å². The predicted molar refractivity (Wildman–Crippen MR) is 103 cm³/mol. The lowest BCUT2D eigenvalue weighted by Crippen LogP contribution is -2.51. The topological polar surface area (TPSA) is 68.8 Å². The van der Waals surface area contributed by atoms with E-state index in [1.165, 1.54) is 0 Å². The minimum Gasteiger partial charge on any atom is -0.490 e. The molecular formula is C19H29ClN2O4. The fraction of sp³-hybridized carbons (Fsp3) is 0.632. The second kappa shape index (κ2) is 9.55. The molecule has 0 saturated carbocycles. The third-order valence-corrected chi connectivity index (χ3v) is 5.11. The summed E-state index contributed by atoms with van der Waals surface area (Å²) in [6.07, 6.45) is 3.41. The molecule has 3 rings (SSSR count). The third-order valence-electron chi connectivity index (χ3n) is 5.11. The standard InChI is InChI=1S/C19H28N2O4.ClH/c1-14-13-15(3-4-17(14)25-16-5-11-24-12-6-16)21-18(22)19(23-2)7-9-20-10-8-19;/h3-4,13,16,20H,5-12H2,1-2H3,(H,21,22);1H. The van der Waals surface area contributed by atoms with Crippen LogP contribution in [0, 0.1) is 6.92 Å². The number of aryl methyl sites for hydroxylation is 1. The van der Waals surface area contributed by atoms with Crippen molar-refractivity contribution < 1.29 is 19.0 Å². The second-order valence-electron chi connectivity index (χ2n) is 6.81. The van der Waals surface area contributed by atoms with Gasteiger partial charge in [0.05, 0.1) is 13.2 Å². The number of ether oxygens (including phenoxy) is 3. The molecule has 2 aliphatic heterocycles. The molecule has 26 heavy (non-hydrogen) atoms. The number of carbonyl (C=O) groups excluding carboxylic acids is 1. The molecule has 0 unspecified atom stereocenters. The van der Waals surface area contributed by atoms with Gasteiger partial charge in [-0.15, -0.1) is 12.4 Å². The maximum absolute atomic E-state index is 12.7. The SMILES string of the molecule is COC1(C(=O)Nc2ccc(OC3CCOCC3)c(C)c2)CCNCC1.Cl. The zero-order valence-electron chi connectivity index (χ0n) is 15.5. The summed E-state index contributed by atoms with van der Waals surface area (Å²) in [7, 11) is 1.61. The second-order valence-corrected chi connectivity index (χ2v) is 6.81. The van der Waals surface area contributed by atoms with Crippen molar-refractivity contribution >= 4 is 24.0 Å². The number of methoxy groups -OCH3 is 1. The number of anilines is 1. The number of amides is 1. The minimum absolute atomic E-state index is 0. The molecule has 2 N–H and O–H groups in total. The highest BCUT2D eigenvalue weighted by Crippen LogP contribution is 2.28. The summed E-state index contributed by atoms with van der Waals surface area (Å²) in [6, 6.07) is 5.78. The molecule has 0 aliphatic carbocycles. The number of hydrogen-bond acceptors (Lipinski definition) is 5. The molecule has 1 aromatic rings. The molecule has 2 aliphatic rings. The van der Waals surface area contributed by atoms with Crippen molar-refractivity contribution in [3.8, 4) is 5.75 Å². The van der Waals surface area contributed by atoms with E-state index in [1.54, 1.807) is 7.11 Å². The average Bonchev–Trinajstić information content (AvgIpc) is 2.65. The number of piperidine rings is 1. The molecule has 146 valence electrons.